The van der Waals surface area contributed by atoms with Crippen molar-refractivity contribution in [3.63, 3.8) is 0 Å². The Kier molecular flexibility index (Phi) is 5.14. The second kappa shape index (κ2) is 7.33. The van der Waals surface area contributed by atoms with Crippen molar-refractivity contribution in [2.24, 2.45) is 23.7 Å². The number of hydrogen-bond acceptors (Lipinski definition) is 3. The quantitative estimate of drug-likeness (QED) is 0.792. The number of carbonyl (C=O) groups is 1. The van der Waals surface area contributed by atoms with Crippen LogP contribution in [0.3, 0.4) is 0 Å². The van der Waals surface area contributed by atoms with Gasteiger partial charge in [0.2, 0.25) is 5.91 Å². The number of amides is 1. The summed E-state index contributed by atoms with van der Waals surface area (Å²) in [4.78, 5) is 17.7. The second-order valence-electron chi connectivity index (χ2n) is 8.71. The first-order valence-electron chi connectivity index (χ1n) is 10.3. The fraction of sp³-hybridized carbons (Fsp3) is 0.950. The lowest BCUT2D eigenvalue weighted by atomic mass is 9.90. The summed E-state index contributed by atoms with van der Waals surface area (Å²) in [6.45, 7) is 8.59. The first kappa shape index (κ1) is 16.8. The van der Waals surface area contributed by atoms with Crippen LogP contribution in [0.2, 0.25) is 0 Å². The van der Waals surface area contributed by atoms with Crippen LogP contribution in [0.25, 0.3) is 0 Å². The molecule has 0 N–H and O–H groups in total. The number of hydrogen-bond donors (Lipinski definition) is 0. The maximum absolute atomic E-state index is 12.8. The Morgan fingerprint density at radius 3 is 2.67 bits per heavy atom. The van der Waals surface area contributed by atoms with Gasteiger partial charge < -0.3 is 14.5 Å². The molecule has 1 saturated carbocycles. The lowest BCUT2D eigenvalue weighted by Gasteiger charge is -2.28. The first-order valence-corrected chi connectivity index (χ1v) is 10.3. The third-order valence-corrected chi connectivity index (χ3v) is 7.37. The Morgan fingerprint density at radius 2 is 1.92 bits per heavy atom. The van der Waals surface area contributed by atoms with Gasteiger partial charge in [0.15, 0.2) is 0 Å². The SMILES string of the molecule is C[C@@H]1CCCN1CC[C@H]1CC[C@H]2CN(C(=O)C3CCOCC3)C[C@@H]12. The van der Waals surface area contributed by atoms with Gasteiger partial charge in [-0.05, 0) is 82.7 Å². The highest BCUT2D eigenvalue weighted by molar-refractivity contribution is 5.79. The molecule has 3 heterocycles. The molecule has 0 aromatic carbocycles. The highest BCUT2D eigenvalue weighted by atomic mass is 16.5. The fourth-order valence-electron chi connectivity index (χ4n) is 5.78. The lowest BCUT2D eigenvalue weighted by molar-refractivity contribution is -0.137. The number of likely N-dealkylation sites (tertiary alicyclic amines) is 2. The van der Waals surface area contributed by atoms with Crippen molar-refractivity contribution in [3.8, 4) is 0 Å². The summed E-state index contributed by atoms with van der Waals surface area (Å²) in [6.07, 6.45) is 8.72. The zero-order chi connectivity index (χ0) is 16.5. The molecular weight excluding hydrogens is 300 g/mol. The maximum atomic E-state index is 12.8. The van der Waals surface area contributed by atoms with Crippen molar-refractivity contribution < 1.29 is 9.53 Å². The van der Waals surface area contributed by atoms with Crippen LogP contribution in [0.1, 0.15) is 51.9 Å². The van der Waals surface area contributed by atoms with Gasteiger partial charge in [0.1, 0.15) is 0 Å². The third kappa shape index (κ3) is 3.37. The highest BCUT2D eigenvalue weighted by Gasteiger charge is 2.44. The summed E-state index contributed by atoms with van der Waals surface area (Å²) in [5.41, 5.74) is 0. The number of ether oxygens (including phenoxy) is 1. The van der Waals surface area contributed by atoms with Crippen molar-refractivity contribution in [2.75, 3.05) is 39.4 Å². The summed E-state index contributed by atoms with van der Waals surface area (Å²) in [7, 11) is 0. The highest BCUT2D eigenvalue weighted by Crippen LogP contribution is 2.44. The van der Waals surface area contributed by atoms with Gasteiger partial charge in [-0.25, -0.2) is 0 Å². The van der Waals surface area contributed by atoms with E-state index in [4.69, 9.17) is 4.74 Å². The Morgan fingerprint density at radius 1 is 1.08 bits per heavy atom. The molecule has 0 aromatic heterocycles. The van der Waals surface area contributed by atoms with E-state index in [9.17, 15) is 4.79 Å². The van der Waals surface area contributed by atoms with E-state index in [1.54, 1.807) is 0 Å². The predicted molar refractivity (Wildman–Crippen MR) is 94.7 cm³/mol. The Balaban J connectivity index is 1.29. The molecule has 4 rings (SSSR count). The van der Waals surface area contributed by atoms with Gasteiger partial charge in [0.05, 0.1) is 0 Å². The van der Waals surface area contributed by atoms with Crippen LogP contribution >= 0.6 is 0 Å². The molecule has 0 radical (unpaired) electrons. The van der Waals surface area contributed by atoms with E-state index in [-0.39, 0.29) is 5.92 Å². The zero-order valence-corrected chi connectivity index (χ0v) is 15.3. The summed E-state index contributed by atoms with van der Waals surface area (Å²) >= 11 is 0. The van der Waals surface area contributed by atoms with Gasteiger partial charge in [0.25, 0.3) is 0 Å². The lowest BCUT2D eigenvalue weighted by Crippen LogP contribution is -2.38. The molecule has 24 heavy (non-hydrogen) atoms. The third-order valence-electron chi connectivity index (χ3n) is 7.37. The molecule has 4 atom stereocenters. The summed E-state index contributed by atoms with van der Waals surface area (Å²) in [5.74, 6) is 3.10. The second-order valence-corrected chi connectivity index (χ2v) is 8.71. The van der Waals surface area contributed by atoms with Gasteiger partial charge in [-0.15, -0.1) is 0 Å². The summed E-state index contributed by atoms with van der Waals surface area (Å²) in [6, 6.07) is 0.789. The summed E-state index contributed by atoms with van der Waals surface area (Å²) < 4.78 is 5.42. The van der Waals surface area contributed by atoms with Gasteiger partial charge in [0, 0.05) is 38.3 Å². The van der Waals surface area contributed by atoms with E-state index in [2.05, 4.69) is 16.7 Å². The Hall–Kier alpha value is -0.610. The maximum Gasteiger partial charge on any atom is 0.225 e. The number of rotatable bonds is 4. The molecule has 1 amide bonds. The summed E-state index contributed by atoms with van der Waals surface area (Å²) in [5, 5.41) is 0. The van der Waals surface area contributed by atoms with Crippen molar-refractivity contribution in [1.82, 2.24) is 9.80 Å². The molecular formula is C20H34N2O2. The molecule has 0 bridgehead atoms. The zero-order valence-electron chi connectivity index (χ0n) is 15.3. The number of fused-ring (bicyclic) bond motifs is 1. The smallest absolute Gasteiger partial charge is 0.225 e. The normalized spacial score (nSPS) is 38.0. The monoisotopic (exact) mass is 334 g/mol. The largest absolute Gasteiger partial charge is 0.381 e. The van der Waals surface area contributed by atoms with Crippen LogP contribution in [0.5, 0.6) is 0 Å². The van der Waals surface area contributed by atoms with Gasteiger partial charge in [-0.2, -0.15) is 0 Å². The average Bonchev–Trinajstić information content (AvgIpc) is 3.29. The van der Waals surface area contributed by atoms with Crippen LogP contribution in [-0.2, 0) is 9.53 Å². The first-order chi connectivity index (χ1) is 11.7. The molecule has 4 nitrogen and oxygen atoms in total. The molecule has 136 valence electrons. The molecule has 3 aliphatic heterocycles. The van der Waals surface area contributed by atoms with Crippen LogP contribution < -0.4 is 0 Å². The Labute approximate surface area is 146 Å². The van der Waals surface area contributed by atoms with Crippen LogP contribution in [0, 0.1) is 23.7 Å². The molecule has 0 aromatic rings. The van der Waals surface area contributed by atoms with Crippen LogP contribution in [-0.4, -0.2) is 61.1 Å². The van der Waals surface area contributed by atoms with E-state index >= 15 is 0 Å². The Bertz CT molecular complexity index is 449. The van der Waals surface area contributed by atoms with Gasteiger partial charge in [-0.1, -0.05) is 0 Å². The van der Waals surface area contributed by atoms with Crippen LogP contribution in [0.4, 0.5) is 0 Å². The van der Waals surface area contributed by atoms with Crippen molar-refractivity contribution in [3.05, 3.63) is 0 Å². The molecule has 4 aliphatic rings. The predicted octanol–water partition coefficient (Wildman–Crippen LogP) is 2.77. The van der Waals surface area contributed by atoms with Gasteiger partial charge >= 0.3 is 0 Å². The average molecular weight is 335 g/mol. The van der Waals surface area contributed by atoms with Crippen molar-refractivity contribution >= 4 is 5.91 Å². The fourth-order valence-corrected chi connectivity index (χ4v) is 5.78. The standard InChI is InChI=1S/C20H34N2O2/c1-15-3-2-9-21(15)10-6-16-4-5-18-13-22(14-19(16)18)20(23)17-7-11-24-12-8-17/h15-19H,2-14H2,1H3/t15-,16-,18+,19+/m1/s1. The minimum atomic E-state index is 0.237. The van der Waals surface area contributed by atoms with Gasteiger partial charge in [-0.3, -0.25) is 4.79 Å². The van der Waals surface area contributed by atoms with E-state index in [1.807, 2.05) is 0 Å². The number of carbonyl (C=O) groups excluding carboxylic acids is 1. The molecule has 4 heteroatoms. The van der Waals surface area contributed by atoms with E-state index in [0.717, 1.165) is 62.9 Å². The minimum Gasteiger partial charge on any atom is -0.381 e. The topological polar surface area (TPSA) is 32.8 Å². The van der Waals surface area contributed by atoms with E-state index in [1.165, 1.54) is 45.2 Å². The molecule has 1 aliphatic carbocycles. The van der Waals surface area contributed by atoms with E-state index in [0.29, 0.717) is 5.91 Å². The minimum absolute atomic E-state index is 0.237. The molecule has 0 unspecified atom stereocenters. The van der Waals surface area contributed by atoms with Crippen molar-refractivity contribution in [1.29, 1.82) is 0 Å². The van der Waals surface area contributed by atoms with Crippen LogP contribution in [0.15, 0.2) is 0 Å². The van der Waals surface area contributed by atoms with E-state index < -0.39 is 0 Å². The molecule has 4 fully saturated rings. The number of nitrogens with zero attached hydrogens (tertiary/aromatic N) is 2. The molecule has 3 saturated heterocycles. The molecule has 0 spiro atoms. The van der Waals surface area contributed by atoms with Crippen molar-refractivity contribution in [2.45, 2.75) is 57.9 Å².